The summed E-state index contributed by atoms with van der Waals surface area (Å²) in [5, 5.41) is 10.2. The maximum absolute atomic E-state index is 11.8. The standard InChI is InChI=1S/C31H37ClN2O5/c1-20-16-22(4-11-28(20)39-15-14-34-29(35)12-13-30(34)36)19-33(18-21-2-5-23(6-3-21)31(37)38)27-10-7-24-17-25(32)8-9-26(24)27/h4,8-9,11,16-17,21,23,27H,2-3,5-7,10,12-15,18-19H2,1H3,(H,37,38)/t21-,23-,27-/m0/s1. The zero-order valence-electron chi connectivity index (χ0n) is 22.5. The molecule has 7 nitrogen and oxygen atoms in total. The van der Waals surface area contributed by atoms with E-state index >= 15 is 0 Å². The first kappa shape index (κ1) is 27.7. The van der Waals surface area contributed by atoms with Gasteiger partial charge < -0.3 is 9.84 Å². The van der Waals surface area contributed by atoms with Crippen LogP contribution in [-0.4, -0.2) is 52.4 Å². The second-order valence-corrected chi connectivity index (χ2v) is 11.7. The molecule has 39 heavy (non-hydrogen) atoms. The number of aryl methyl sites for hydroxylation is 2. The molecule has 0 unspecified atom stereocenters. The van der Waals surface area contributed by atoms with Crippen molar-refractivity contribution in [1.82, 2.24) is 9.80 Å². The maximum atomic E-state index is 11.8. The normalized spacial score (nSPS) is 22.9. The van der Waals surface area contributed by atoms with Crippen LogP contribution in [0, 0.1) is 18.8 Å². The van der Waals surface area contributed by atoms with Crippen LogP contribution in [0.1, 0.15) is 73.2 Å². The minimum atomic E-state index is -0.664. The van der Waals surface area contributed by atoms with Gasteiger partial charge in [-0.05, 0) is 91.8 Å². The molecule has 3 aliphatic rings. The number of nitrogens with zero attached hydrogens (tertiary/aromatic N) is 2. The number of hydrogen-bond acceptors (Lipinski definition) is 5. The highest BCUT2D eigenvalue weighted by atomic mass is 35.5. The first-order valence-corrected chi connectivity index (χ1v) is 14.5. The monoisotopic (exact) mass is 552 g/mol. The van der Waals surface area contributed by atoms with Gasteiger partial charge in [-0.15, -0.1) is 0 Å². The van der Waals surface area contributed by atoms with Crippen molar-refractivity contribution in [3.05, 3.63) is 63.7 Å². The zero-order chi connectivity index (χ0) is 27.5. The van der Waals surface area contributed by atoms with Gasteiger partial charge in [-0.25, -0.2) is 0 Å². The molecule has 2 aromatic rings. The summed E-state index contributed by atoms with van der Waals surface area (Å²) < 4.78 is 5.94. The molecular weight excluding hydrogens is 516 g/mol. The summed E-state index contributed by atoms with van der Waals surface area (Å²) in [7, 11) is 0. The number of imide groups is 1. The van der Waals surface area contributed by atoms with E-state index in [9.17, 15) is 19.5 Å². The van der Waals surface area contributed by atoms with E-state index in [0.29, 0.717) is 24.8 Å². The highest BCUT2D eigenvalue weighted by Crippen LogP contribution is 2.40. The number of aliphatic carboxylic acids is 1. The molecule has 5 rings (SSSR count). The fourth-order valence-electron chi connectivity index (χ4n) is 6.49. The van der Waals surface area contributed by atoms with Crippen molar-refractivity contribution in [3.63, 3.8) is 0 Å². The van der Waals surface area contributed by atoms with Gasteiger partial charge in [0.05, 0.1) is 12.5 Å². The molecule has 1 aliphatic heterocycles. The van der Waals surface area contributed by atoms with Crippen LogP contribution in [0.25, 0.3) is 0 Å². The topological polar surface area (TPSA) is 87.2 Å². The largest absolute Gasteiger partial charge is 0.491 e. The molecule has 8 heteroatoms. The minimum Gasteiger partial charge on any atom is -0.491 e. The van der Waals surface area contributed by atoms with Crippen LogP contribution in [0.4, 0.5) is 0 Å². The SMILES string of the molecule is Cc1cc(CN(C[C@H]2CC[C@H](C(=O)O)CC2)[C@H]2CCc3cc(Cl)ccc32)ccc1OCCN1C(=O)CCC1=O. The van der Waals surface area contributed by atoms with E-state index in [1.54, 1.807) is 0 Å². The molecule has 0 spiro atoms. The van der Waals surface area contributed by atoms with Crippen molar-refractivity contribution in [1.29, 1.82) is 0 Å². The van der Waals surface area contributed by atoms with Crippen LogP contribution in [0.15, 0.2) is 36.4 Å². The van der Waals surface area contributed by atoms with Crippen molar-refractivity contribution < 1.29 is 24.2 Å². The van der Waals surface area contributed by atoms with Crippen molar-refractivity contribution >= 4 is 29.4 Å². The fraction of sp³-hybridized carbons (Fsp3) is 0.516. The summed E-state index contributed by atoms with van der Waals surface area (Å²) in [4.78, 5) is 39.0. The summed E-state index contributed by atoms with van der Waals surface area (Å²) >= 11 is 6.29. The van der Waals surface area contributed by atoms with Crippen LogP contribution in [-0.2, 0) is 27.3 Å². The third kappa shape index (κ3) is 6.47. The molecule has 2 amide bonds. The minimum absolute atomic E-state index is 0.122. The first-order chi connectivity index (χ1) is 18.8. The lowest BCUT2D eigenvalue weighted by Gasteiger charge is -2.35. The number of ether oxygens (including phenoxy) is 1. The molecule has 208 valence electrons. The van der Waals surface area contributed by atoms with E-state index < -0.39 is 5.97 Å². The Hall–Kier alpha value is -2.90. The quantitative estimate of drug-likeness (QED) is 0.388. The number of carboxylic acid groups (broad SMARTS) is 1. The molecule has 0 bridgehead atoms. The Morgan fingerprint density at radius 1 is 1.03 bits per heavy atom. The molecule has 2 aromatic carbocycles. The van der Waals surface area contributed by atoms with Crippen molar-refractivity contribution in [2.45, 2.75) is 70.9 Å². The number of fused-ring (bicyclic) bond motifs is 1. The molecule has 1 saturated carbocycles. The maximum Gasteiger partial charge on any atom is 0.306 e. The van der Waals surface area contributed by atoms with Gasteiger partial charge in [0.2, 0.25) is 11.8 Å². The summed E-state index contributed by atoms with van der Waals surface area (Å²) in [5.74, 6) is 0.129. The van der Waals surface area contributed by atoms with Crippen molar-refractivity contribution in [2.24, 2.45) is 11.8 Å². The van der Waals surface area contributed by atoms with Gasteiger partial charge in [0, 0.05) is 37.0 Å². The Kier molecular flexibility index (Phi) is 8.57. The Morgan fingerprint density at radius 3 is 2.46 bits per heavy atom. The highest BCUT2D eigenvalue weighted by molar-refractivity contribution is 6.30. The van der Waals surface area contributed by atoms with E-state index in [1.165, 1.54) is 21.6 Å². The summed E-state index contributed by atoms with van der Waals surface area (Å²) in [6, 6.07) is 12.8. The summed E-state index contributed by atoms with van der Waals surface area (Å²) in [6.07, 6.45) is 6.05. The Morgan fingerprint density at radius 2 is 1.77 bits per heavy atom. The molecular formula is C31H37ClN2O5. The average molecular weight is 553 g/mol. The number of carbonyl (C=O) groups is 3. The van der Waals surface area contributed by atoms with Crippen molar-refractivity contribution in [3.8, 4) is 5.75 Å². The number of likely N-dealkylation sites (tertiary alicyclic amines) is 1. The highest BCUT2D eigenvalue weighted by Gasteiger charge is 2.33. The van der Waals surface area contributed by atoms with Crippen LogP contribution in [0.3, 0.4) is 0 Å². The molecule has 1 N–H and O–H groups in total. The lowest BCUT2D eigenvalue weighted by Crippen LogP contribution is -2.34. The molecule has 1 atom stereocenters. The van der Waals surface area contributed by atoms with Gasteiger partial charge in [0.25, 0.3) is 0 Å². The van der Waals surface area contributed by atoms with Gasteiger partial charge in [-0.3, -0.25) is 24.2 Å². The molecule has 0 radical (unpaired) electrons. The number of carbonyl (C=O) groups excluding carboxylic acids is 2. The van der Waals surface area contributed by atoms with Gasteiger partial charge in [-0.1, -0.05) is 29.8 Å². The molecule has 0 aromatic heterocycles. The third-order valence-corrected chi connectivity index (χ3v) is 8.87. The van der Waals surface area contributed by atoms with Gasteiger partial charge in [0.1, 0.15) is 12.4 Å². The zero-order valence-corrected chi connectivity index (χ0v) is 23.3. The molecule has 2 aliphatic carbocycles. The first-order valence-electron chi connectivity index (χ1n) is 14.1. The number of carboxylic acids is 1. The fourth-order valence-corrected chi connectivity index (χ4v) is 6.69. The van der Waals surface area contributed by atoms with Crippen LogP contribution < -0.4 is 4.74 Å². The number of benzene rings is 2. The molecule has 2 fully saturated rings. The van der Waals surface area contributed by atoms with Crippen molar-refractivity contribution in [2.75, 3.05) is 19.7 Å². The number of hydrogen-bond donors (Lipinski definition) is 1. The molecule has 1 heterocycles. The lowest BCUT2D eigenvalue weighted by molar-refractivity contribution is -0.143. The number of amides is 2. The molecule has 1 saturated heterocycles. The van der Waals surface area contributed by atoms with Gasteiger partial charge in [-0.2, -0.15) is 0 Å². The Bertz CT molecular complexity index is 1220. The average Bonchev–Trinajstić information content (AvgIpc) is 3.47. The van der Waals surface area contributed by atoms with E-state index in [4.69, 9.17) is 16.3 Å². The summed E-state index contributed by atoms with van der Waals surface area (Å²) in [5.41, 5.74) is 4.89. The smallest absolute Gasteiger partial charge is 0.306 e. The van der Waals surface area contributed by atoms with E-state index in [0.717, 1.165) is 68.0 Å². The van der Waals surface area contributed by atoms with Gasteiger partial charge in [0.15, 0.2) is 0 Å². The van der Waals surface area contributed by atoms with Crippen LogP contribution in [0.5, 0.6) is 5.75 Å². The predicted octanol–water partition coefficient (Wildman–Crippen LogP) is 5.56. The van der Waals surface area contributed by atoms with Crippen LogP contribution >= 0.6 is 11.6 Å². The number of rotatable bonds is 10. The predicted molar refractivity (Wildman–Crippen MR) is 149 cm³/mol. The second kappa shape index (κ2) is 12.1. The van der Waals surface area contributed by atoms with E-state index in [1.807, 2.05) is 19.1 Å². The number of halogens is 1. The second-order valence-electron chi connectivity index (χ2n) is 11.3. The van der Waals surface area contributed by atoms with Gasteiger partial charge >= 0.3 is 5.97 Å². The van der Waals surface area contributed by atoms with E-state index in [2.05, 4.69) is 29.2 Å². The lowest BCUT2D eigenvalue weighted by atomic mass is 9.81. The van der Waals surface area contributed by atoms with E-state index in [-0.39, 0.29) is 30.9 Å². The third-order valence-electron chi connectivity index (χ3n) is 8.63. The summed E-state index contributed by atoms with van der Waals surface area (Å²) in [6.45, 7) is 4.32. The Balaban J connectivity index is 1.27. The van der Waals surface area contributed by atoms with Crippen LogP contribution in [0.2, 0.25) is 5.02 Å². The Labute approximate surface area is 235 Å².